The monoisotopic (exact) mass is 387 g/mol. The second-order valence-electron chi connectivity index (χ2n) is 8.06. The Balaban J connectivity index is 1.36. The van der Waals surface area contributed by atoms with E-state index in [9.17, 15) is 8.78 Å². The fourth-order valence-electron chi connectivity index (χ4n) is 3.98. The highest BCUT2D eigenvalue weighted by Crippen LogP contribution is 2.43. The number of aryl methyl sites for hydroxylation is 1. The van der Waals surface area contributed by atoms with Crippen molar-refractivity contribution >= 4 is 5.96 Å². The van der Waals surface area contributed by atoms with Crippen LogP contribution in [0.15, 0.2) is 29.4 Å². The normalized spacial score (nSPS) is 24.2. The average Bonchev–Trinajstić information content (AvgIpc) is 3.25. The van der Waals surface area contributed by atoms with Crippen molar-refractivity contribution in [2.24, 2.45) is 4.99 Å². The first-order chi connectivity index (χ1) is 13.5. The molecule has 3 atom stereocenters. The van der Waals surface area contributed by atoms with Gasteiger partial charge in [-0.25, -0.2) is 8.78 Å². The molecule has 0 bridgehead atoms. The van der Waals surface area contributed by atoms with Crippen LogP contribution in [0.2, 0.25) is 0 Å². The minimum absolute atomic E-state index is 0.00287. The van der Waals surface area contributed by atoms with Crippen LogP contribution in [-0.4, -0.2) is 34.9 Å². The molecule has 1 heterocycles. The van der Waals surface area contributed by atoms with Gasteiger partial charge in [-0.3, -0.25) is 9.67 Å². The number of hydrogen-bond donors (Lipinski definition) is 2. The lowest BCUT2D eigenvalue weighted by Gasteiger charge is -2.24. The Kier molecular flexibility index (Phi) is 5.08. The van der Waals surface area contributed by atoms with Gasteiger partial charge in [-0.2, -0.15) is 5.10 Å². The summed E-state index contributed by atoms with van der Waals surface area (Å²) < 4.78 is 30.0. The molecule has 2 N–H and O–H groups in total. The zero-order valence-electron chi connectivity index (χ0n) is 16.5. The van der Waals surface area contributed by atoms with E-state index in [1.165, 1.54) is 23.8 Å². The number of rotatable bonds is 4. The lowest BCUT2D eigenvalue weighted by Crippen LogP contribution is -2.46. The highest BCUT2D eigenvalue weighted by atomic mass is 19.1. The molecule has 7 heteroatoms. The van der Waals surface area contributed by atoms with Crippen LogP contribution < -0.4 is 10.6 Å². The summed E-state index contributed by atoms with van der Waals surface area (Å²) >= 11 is 0. The molecule has 0 spiro atoms. The molecule has 0 radical (unpaired) electrons. The van der Waals surface area contributed by atoms with Gasteiger partial charge in [-0.1, -0.05) is 6.07 Å². The Bertz CT molecular complexity index is 869. The van der Waals surface area contributed by atoms with Crippen LogP contribution in [0, 0.1) is 11.6 Å². The van der Waals surface area contributed by atoms with Gasteiger partial charge in [0.05, 0.1) is 5.69 Å². The van der Waals surface area contributed by atoms with E-state index in [4.69, 9.17) is 5.10 Å². The molecule has 5 nitrogen and oxygen atoms in total. The molecule has 0 aliphatic heterocycles. The van der Waals surface area contributed by atoms with E-state index >= 15 is 0 Å². The third-order valence-corrected chi connectivity index (χ3v) is 5.67. The zero-order chi connectivity index (χ0) is 19.8. The van der Waals surface area contributed by atoms with Gasteiger partial charge in [0.1, 0.15) is 11.6 Å². The number of nitrogens with zero attached hydrogens (tertiary/aromatic N) is 3. The summed E-state index contributed by atoms with van der Waals surface area (Å²) in [5, 5.41) is 11.5. The smallest absolute Gasteiger partial charge is 0.191 e. The van der Waals surface area contributed by atoms with Gasteiger partial charge in [0.25, 0.3) is 0 Å². The maximum absolute atomic E-state index is 14.0. The zero-order valence-corrected chi connectivity index (χ0v) is 16.5. The molecule has 0 saturated heterocycles. The maximum Gasteiger partial charge on any atom is 0.191 e. The highest BCUT2D eigenvalue weighted by molar-refractivity contribution is 5.81. The maximum atomic E-state index is 14.0. The summed E-state index contributed by atoms with van der Waals surface area (Å²) in [6.45, 7) is 4.26. The van der Waals surface area contributed by atoms with Gasteiger partial charge in [0.15, 0.2) is 5.96 Å². The highest BCUT2D eigenvalue weighted by Gasteiger charge is 2.42. The molecule has 1 saturated carbocycles. The van der Waals surface area contributed by atoms with E-state index in [1.807, 2.05) is 4.68 Å². The number of guanidine groups is 1. The molecule has 2 aromatic rings. The first-order valence-electron chi connectivity index (χ1n) is 9.97. The summed E-state index contributed by atoms with van der Waals surface area (Å²) in [7, 11) is 1.72. The minimum Gasteiger partial charge on any atom is -0.353 e. The van der Waals surface area contributed by atoms with Crippen LogP contribution in [0.3, 0.4) is 0 Å². The summed E-state index contributed by atoms with van der Waals surface area (Å²) in [6.07, 6.45) is 5.70. The molecular weight excluding hydrogens is 360 g/mol. The quantitative estimate of drug-likeness (QED) is 0.625. The van der Waals surface area contributed by atoms with E-state index in [1.54, 1.807) is 7.05 Å². The van der Waals surface area contributed by atoms with Crippen LogP contribution in [0.4, 0.5) is 8.78 Å². The summed E-state index contributed by atoms with van der Waals surface area (Å²) in [6, 6.07) is 4.64. The number of fused-ring (bicyclic) bond motifs is 1. The van der Waals surface area contributed by atoms with Crippen molar-refractivity contribution in [1.82, 2.24) is 20.4 Å². The lowest BCUT2D eigenvalue weighted by atomic mass is 9.94. The third kappa shape index (κ3) is 3.75. The Labute approximate surface area is 164 Å². The average molecular weight is 387 g/mol. The van der Waals surface area contributed by atoms with Crippen molar-refractivity contribution in [2.75, 3.05) is 7.05 Å². The molecule has 28 heavy (non-hydrogen) atoms. The minimum atomic E-state index is -0.474. The second-order valence-corrected chi connectivity index (χ2v) is 8.06. The largest absolute Gasteiger partial charge is 0.353 e. The van der Waals surface area contributed by atoms with Crippen molar-refractivity contribution in [2.45, 2.75) is 63.6 Å². The van der Waals surface area contributed by atoms with Crippen molar-refractivity contribution in [3.63, 3.8) is 0 Å². The molecule has 3 unspecified atom stereocenters. The standard InChI is InChI=1S/C21H27F2N5/c1-12(2)28-11-13-7-8-14(9-18(13)27-28)25-21(24-3)26-19-10-15(19)20-16(22)5-4-6-17(20)23/h4-6,11-12,14-15,19H,7-10H2,1-3H3,(H2,24,25,26). The van der Waals surface area contributed by atoms with Gasteiger partial charge >= 0.3 is 0 Å². The SMILES string of the molecule is CN=C(NC1CCc2cn(C(C)C)nc2C1)NC1CC1c1c(F)cccc1F. The van der Waals surface area contributed by atoms with E-state index in [2.05, 4.69) is 35.7 Å². The van der Waals surface area contributed by atoms with Gasteiger partial charge in [-0.15, -0.1) is 0 Å². The molecule has 2 aliphatic carbocycles. The van der Waals surface area contributed by atoms with E-state index in [0.29, 0.717) is 18.4 Å². The van der Waals surface area contributed by atoms with Crippen LogP contribution in [0.5, 0.6) is 0 Å². The predicted molar refractivity (Wildman–Crippen MR) is 106 cm³/mol. The van der Waals surface area contributed by atoms with Crippen LogP contribution >= 0.6 is 0 Å². The second kappa shape index (κ2) is 7.53. The number of nitrogens with one attached hydrogen (secondary N) is 2. The van der Waals surface area contributed by atoms with Gasteiger partial charge in [-0.05, 0) is 50.8 Å². The van der Waals surface area contributed by atoms with E-state index < -0.39 is 11.6 Å². The Hall–Kier alpha value is -2.44. The molecule has 0 amide bonds. The third-order valence-electron chi connectivity index (χ3n) is 5.67. The fourth-order valence-corrected chi connectivity index (χ4v) is 3.98. The Morgan fingerprint density at radius 2 is 2.00 bits per heavy atom. The number of benzene rings is 1. The molecule has 150 valence electrons. The topological polar surface area (TPSA) is 54.2 Å². The van der Waals surface area contributed by atoms with Gasteiger partial charge < -0.3 is 10.6 Å². The van der Waals surface area contributed by atoms with Gasteiger partial charge in [0, 0.05) is 49.3 Å². The first kappa shape index (κ1) is 18.9. The molecule has 1 fully saturated rings. The Morgan fingerprint density at radius 3 is 2.68 bits per heavy atom. The first-order valence-corrected chi connectivity index (χ1v) is 9.97. The number of halogens is 2. The van der Waals surface area contributed by atoms with Crippen LogP contribution in [0.25, 0.3) is 0 Å². The number of aromatic nitrogens is 2. The summed E-state index contributed by atoms with van der Waals surface area (Å²) in [5.74, 6) is -0.420. The summed E-state index contributed by atoms with van der Waals surface area (Å²) in [4.78, 5) is 4.31. The van der Waals surface area contributed by atoms with E-state index in [-0.39, 0.29) is 23.6 Å². The van der Waals surface area contributed by atoms with E-state index in [0.717, 1.165) is 25.0 Å². The number of aliphatic imine (C=N–C) groups is 1. The summed E-state index contributed by atoms with van der Waals surface area (Å²) in [5.41, 5.74) is 2.65. The molecule has 2 aliphatic rings. The van der Waals surface area contributed by atoms with Crippen molar-refractivity contribution < 1.29 is 8.78 Å². The van der Waals surface area contributed by atoms with Crippen molar-refractivity contribution in [1.29, 1.82) is 0 Å². The molecular formula is C21H27F2N5. The molecule has 1 aromatic carbocycles. The van der Waals surface area contributed by atoms with Crippen molar-refractivity contribution in [3.8, 4) is 0 Å². The fraction of sp³-hybridized carbons (Fsp3) is 0.524. The Morgan fingerprint density at radius 1 is 1.25 bits per heavy atom. The number of hydrogen-bond acceptors (Lipinski definition) is 2. The van der Waals surface area contributed by atoms with Crippen LogP contribution in [-0.2, 0) is 12.8 Å². The van der Waals surface area contributed by atoms with Crippen molar-refractivity contribution in [3.05, 3.63) is 52.9 Å². The molecule has 4 rings (SSSR count). The van der Waals surface area contributed by atoms with Crippen LogP contribution in [0.1, 0.15) is 55.5 Å². The van der Waals surface area contributed by atoms with Gasteiger partial charge in [0.2, 0.25) is 0 Å². The predicted octanol–water partition coefficient (Wildman–Crippen LogP) is 3.32. The molecule has 1 aromatic heterocycles. The lowest BCUT2D eigenvalue weighted by molar-refractivity contribution is 0.499.